The summed E-state index contributed by atoms with van der Waals surface area (Å²) >= 11 is 0. The molecule has 1 heterocycles. The molecule has 0 atom stereocenters. The highest BCUT2D eigenvalue weighted by atomic mass is 16.2. The Bertz CT molecular complexity index is 737. The van der Waals surface area contributed by atoms with E-state index in [-0.39, 0.29) is 5.91 Å². The van der Waals surface area contributed by atoms with E-state index in [1.807, 2.05) is 36.4 Å². The van der Waals surface area contributed by atoms with Gasteiger partial charge in [-0.3, -0.25) is 14.5 Å². The number of nitrogens with zero attached hydrogens (tertiary/aromatic N) is 1. The first-order chi connectivity index (χ1) is 10.1. The lowest BCUT2D eigenvalue weighted by Gasteiger charge is -2.25. The van der Waals surface area contributed by atoms with Gasteiger partial charge in [-0.25, -0.2) is 0 Å². The summed E-state index contributed by atoms with van der Waals surface area (Å²) in [4.78, 5) is 25.6. The minimum Gasteiger partial charge on any atom is -0.366 e. The summed E-state index contributed by atoms with van der Waals surface area (Å²) in [7, 11) is 0. The molecule has 0 fully saturated rings. The van der Waals surface area contributed by atoms with Gasteiger partial charge in [0, 0.05) is 6.92 Å². The number of hydrogen-bond donors (Lipinski definition) is 1. The van der Waals surface area contributed by atoms with Crippen molar-refractivity contribution in [3.8, 4) is 0 Å². The molecule has 3 rings (SSSR count). The number of carbonyl (C=O) groups excluding carboxylic acids is 2. The van der Waals surface area contributed by atoms with Crippen LogP contribution in [-0.2, 0) is 17.6 Å². The molecule has 2 amide bonds. The van der Waals surface area contributed by atoms with Crippen LogP contribution in [0.5, 0.6) is 0 Å². The van der Waals surface area contributed by atoms with Crippen LogP contribution in [0.4, 0.5) is 11.4 Å². The van der Waals surface area contributed by atoms with Crippen LogP contribution < -0.4 is 10.6 Å². The maximum atomic E-state index is 12.2. The van der Waals surface area contributed by atoms with Gasteiger partial charge in [-0.15, -0.1) is 0 Å². The normalized spacial score (nSPS) is 13.1. The molecule has 1 aliphatic heterocycles. The second kappa shape index (κ2) is 5.05. The molecule has 4 heteroatoms. The van der Waals surface area contributed by atoms with Gasteiger partial charge in [0.15, 0.2) is 0 Å². The summed E-state index contributed by atoms with van der Waals surface area (Å²) in [6.07, 6.45) is 1.60. The Labute approximate surface area is 123 Å². The lowest BCUT2D eigenvalue weighted by molar-refractivity contribution is -0.115. The average Bonchev–Trinajstić information content (AvgIpc) is 2.63. The minimum atomic E-state index is -0.516. The van der Waals surface area contributed by atoms with Gasteiger partial charge in [0.2, 0.25) is 5.91 Å². The number of primary amides is 1. The van der Waals surface area contributed by atoms with Gasteiger partial charge in [-0.1, -0.05) is 30.3 Å². The monoisotopic (exact) mass is 280 g/mol. The molecule has 106 valence electrons. The maximum Gasteiger partial charge on any atom is 0.250 e. The number of para-hydroxylation sites is 2. The van der Waals surface area contributed by atoms with Gasteiger partial charge in [-0.05, 0) is 36.1 Å². The predicted molar refractivity (Wildman–Crippen MR) is 81.6 cm³/mol. The van der Waals surface area contributed by atoms with Gasteiger partial charge in [0.25, 0.3) is 5.91 Å². The number of amides is 2. The largest absolute Gasteiger partial charge is 0.366 e. The van der Waals surface area contributed by atoms with Crippen LogP contribution >= 0.6 is 0 Å². The summed E-state index contributed by atoms with van der Waals surface area (Å²) < 4.78 is 0. The lowest BCUT2D eigenvalue weighted by Crippen LogP contribution is -2.27. The van der Waals surface area contributed by atoms with E-state index in [9.17, 15) is 9.59 Å². The van der Waals surface area contributed by atoms with Crippen molar-refractivity contribution in [1.29, 1.82) is 0 Å². The number of anilines is 2. The van der Waals surface area contributed by atoms with E-state index in [0.717, 1.165) is 29.7 Å². The van der Waals surface area contributed by atoms with Crippen molar-refractivity contribution in [3.63, 3.8) is 0 Å². The van der Waals surface area contributed by atoms with Crippen molar-refractivity contribution in [1.82, 2.24) is 0 Å². The molecule has 0 saturated heterocycles. The Hall–Kier alpha value is -2.62. The number of rotatable bonds is 1. The Morgan fingerprint density at radius 3 is 2.38 bits per heavy atom. The van der Waals surface area contributed by atoms with Gasteiger partial charge in [0.1, 0.15) is 0 Å². The molecular weight excluding hydrogens is 264 g/mol. The molecule has 0 saturated carbocycles. The number of hydrogen-bond acceptors (Lipinski definition) is 2. The van der Waals surface area contributed by atoms with E-state index in [4.69, 9.17) is 5.73 Å². The summed E-state index contributed by atoms with van der Waals surface area (Å²) in [5.74, 6) is -0.642. The molecule has 0 aromatic heterocycles. The molecule has 2 aromatic carbocycles. The van der Waals surface area contributed by atoms with Gasteiger partial charge in [0.05, 0.1) is 16.9 Å². The minimum absolute atomic E-state index is 0.126. The van der Waals surface area contributed by atoms with Crippen LogP contribution in [0.15, 0.2) is 42.5 Å². The molecule has 21 heavy (non-hydrogen) atoms. The Balaban J connectivity index is 2.32. The third-order valence-electron chi connectivity index (χ3n) is 3.82. The Kier molecular flexibility index (Phi) is 3.22. The molecule has 4 nitrogen and oxygen atoms in total. The molecule has 2 aromatic rings. The number of carbonyl (C=O) groups is 2. The third kappa shape index (κ3) is 2.18. The topological polar surface area (TPSA) is 63.4 Å². The van der Waals surface area contributed by atoms with Gasteiger partial charge < -0.3 is 5.73 Å². The zero-order valence-electron chi connectivity index (χ0n) is 11.8. The van der Waals surface area contributed by atoms with Gasteiger partial charge >= 0.3 is 0 Å². The van der Waals surface area contributed by atoms with E-state index in [1.54, 1.807) is 11.0 Å². The summed E-state index contributed by atoms with van der Waals surface area (Å²) in [5.41, 5.74) is 9.41. The predicted octanol–water partition coefficient (Wildman–Crippen LogP) is 2.57. The van der Waals surface area contributed by atoms with Crippen molar-refractivity contribution in [2.75, 3.05) is 4.90 Å². The van der Waals surface area contributed by atoms with Crippen molar-refractivity contribution < 1.29 is 9.59 Å². The second-order valence-corrected chi connectivity index (χ2v) is 5.16. The highest BCUT2D eigenvalue weighted by molar-refractivity contribution is 6.08. The average molecular weight is 280 g/mol. The lowest BCUT2D eigenvalue weighted by atomic mass is 10.0. The van der Waals surface area contributed by atoms with Crippen molar-refractivity contribution in [3.05, 3.63) is 59.2 Å². The van der Waals surface area contributed by atoms with E-state index < -0.39 is 5.91 Å². The van der Waals surface area contributed by atoms with Crippen LogP contribution in [0.3, 0.4) is 0 Å². The molecule has 1 aliphatic rings. The fraction of sp³-hybridized carbons (Fsp3) is 0.176. The third-order valence-corrected chi connectivity index (χ3v) is 3.82. The number of nitrogens with two attached hydrogens (primary N) is 1. The first-order valence-corrected chi connectivity index (χ1v) is 6.90. The fourth-order valence-corrected chi connectivity index (χ4v) is 2.91. The zero-order chi connectivity index (χ0) is 15.0. The highest BCUT2D eigenvalue weighted by Gasteiger charge is 2.27. The van der Waals surface area contributed by atoms with Crippen LogP contribution in [0.25, 0.3) is 0 Å². The second-order valence-electron chi connectivity index (χ2n) is 5.16. The summed E-state index contributed by atoms with van der Waals surface area (Å²) in [5, 5.41) is 0. The van der Waals surface area contributed by atoms with Crippen LogP contribution in [0.2, 0.25) is 0 Å². The van der Waals surface area contributed by atoms with Crippen LogP contribution in [0, 0.1) is 0 Å². The highest BCUT2D eigenvalue weighted by Crippen LogP contribution is 2.38. The first kappa shape index (κ1) is 13.4. The molecule has 2 N–H and O–H groups in total. The van der Waals surface area contributed by atoms with Crippen molar-refractivity contribution >= 4 is 23.2 Å². The van der Waals surface area contributed by atoms with E-state index >= 15 is 0 Å². The van der Waals surface area contributed by atoms with Crippen molar-refractivity contribution in [2.24, 2.45) is 5.73 Å². The number of benzene rings is 2. The smallest absolute Gasteiger partial charge is 0.250 e. The summed E-state index contributed by atoms with van der Waals surface area (Å²) in [6.45, 7) is 1.50. The van der Waals surface area contributed by atoms with Crippen molar-refractivity contribution in [2.45, 2.75) is 19.8 Å². The molecule has 0 unspecified atom stereocenters. The first-order valence-electron chi connectivity index (χ1n) is 6.90. The quantitative estimate of drug-likeness (QED) is 0.872. The maximum absolute atomic E-state index is 12.2. The zero-order valence-corrected chi connectivity index (χ0v) is 11.8. The van der Waals surface area contributed by atoms with Crippen LogP contribution in [0.1, 0.15) is 28.4 Å². The molecule has 0 spiro atoms. The molecule has 0 bridgehead atoms. The SMILES string of the molecule is CC(=O)N1c2ccccc2CCc2cccc(C(N)=O)c21. The number of aryl methyl sites for hydroxylation is 2. The standard InChI is InChI=1S/C17H16N2O2/c1-11(20)19-15-8-3-2-5-12(15)9-10-13-6-4-7-14(16(13)19)17(18)21/h2-8H,9-10H2,1H3,(H2,18,21). The molecule has 0 aliphatic carbocycles. The Morgan fingerprint density at radius 1 is 1.00 bits per heavy atom. The molecular formula is C17H16N2O2. The van der Waals surface area contributed by atoms with Crippen LogP contribution in [-0.4, -0.2) is 11.8 Å². The fourth-order valence-electron chi connectivity index (χ4n) is 2.91. The Morgan fingerprint density at radius 2 is 1.67 bits per heavy atom. The molecule has 0 radical (unpaired) electrons. The number of fused-ring (bicyclic) bond motifs is 2. The van der Waals surface area contributed by atoms with Gasteiger partial charge in [-0.2, -0.15) is 0 Å². The van der Waals surface area contributed by atoms with E-state index in [0.29, 0.717) is 11.3 Å². The summed E-state index contributed by atoms with van der Waals surface area (Å²) in [6, 6.07) is 13.2. The van der Waals surface area contributed by atoms with E-state index in [1.165, 1.54) is 6.92 Å². The van der Waals surface area contributed by atoms with E-state index in [2.05, 4.69) is 0 Å².